The summed E-state index contributed by atoms with van der Waals surface area (Å²) < 4.78 is 0. The summed E-state index contributed by atoms with van der Waals surface area (Å²) in [5, 5.41) is 4.62. The molecule has 0 amide bonds. The number of nitrogens with zero attached hydrogens (tertiary/aromatic N) is 3. The topological polar surface area (TPSA) is 83.4 Å². The lowest BCUT2D eigenvalue weighted by atomic mass is 9.92. The molecule has 5 N–H and O–H groups in total. The molecule has 0 radical (unpaired) electrons. The van der Waals surface area contributed by atoms with E-state index in [9.17, 15) is 0 Å². The van der Waals surface area contributed by atoms with Crippen LogP contribution in [0.15, 0.2) is 18.2 Å². The molecule has 6 nitrogen and oxygen atoms in total. The molecule has 2 heterocycles. The molecule has 202 valence electrons. The van der Waals surface area contributed by atoms with Crippen LogP contribution in [0.4, 0.5) is 22.9 Å². The minimum Gasteiger partial charge on any atom is -0.394 e. The molecule has 1 saturated heterocycles. The molecule has 1 aromatic heterocycles. The van der Waals surface area contributed by atoms with Crippen LogP contribution in [-0.4, -0.2) is 47.5 Å². The van der Waals surface area contributed by atoms with Gasteiger partial charge in [-0.3, -0.25) is 4.90 Å². The van der Waals surface area contributed by atoms with Crippen LogP contribution in [0.5, 0.6) is 0 Å². The molecule has 0 spiro atoms. The normalized spacial score (nSPS) is 17.5. The largest absolute Gasteiger partial charge is 0.394 e. The highest BCUT2D eigenvalue weighted by atomic mass is 32.1. The number of nitrogens with one attached hydrogen (secondary N) is 1. The zero-order chi connectivity index (χ0) is 26.3. The maximum Gasteiger partial charge on any atom is 0.149 e. The van der Waals surface area contributed by atoms with E-state index < -0.39 is 0 Å². The lowest BCUT2D eigenvalue weighted by Crippen LogP contribution is -2.53. The molecule has 36 heavy (non-hydrogen) atoms. The number of anilines is 4. The third kappa shape index (κ3) is 7.58. The second-order valence-electron chi connectivity index (χ2n) is 11.4. The lowest BCUT2D eigenvalue weighted by molar-refractivity contribution is 0.155. The predicted octanol–water partition coefficient (Wildman–Crippen LogP) is 6.62. The van der Waals surface area contributed by atoms with E-state index >= 15 is 0 Å². The fourth-order valence-electron chi connectivity index (χ4n) is 5.48. The number of aromatic nitrogens is 1. The average molecular weight is 515 g/mol. The second-order valence-corrected chi connectivity index (χ2v) is 12.4. The molecule has 0 saturated carbocycles. The van der Waals surface area contributed by atoms with Gasteiger partial charge in [0.1, 0.15) is 5.82 Å². The highest BCUT2D eigenvalue weighted by molar-refractivity contribution is 7.81. The van der Waals surface area contributed by atoms with Crippen LogP contribution in [0.1, 0.15) is 79.6 Å². The summed E-state index contributed by atoms with van der Waals surface area (Å²) in [6, 6.07) is 6.47. The fourth-order valence-corrected chi connectivity index (χ4v) is 5.81. The Morgan fingerprint density at radius 3 is 2.47 bits per heavy atom. The molecule has 0 aliphatic carbocycles. The highest BCUT2D eigenvalue weighted by Gasteiger charge is 2.31. The maximum absolute atomic E-state index is 6.38. The Balaban J connectivity index is 1.66. The van der Waals surface area contributed by atoms with E-state index in [-0.39, 0.29) is 4.87 Å². The van der Waals surface area contributed by atoms with Crippen LogP contribution in [0.3, 0.4) is 0 Å². The van der Waals surface area contributed by atoms with Gasteiger partial charge in [0.2, 0.25) is 0 Å². The van der Waals surface area contributed by atoms with Crippen molar-refractivity contribution in [2.45, 2.75) is 84.4 Å². The van der Waals surface area contributed by atoms with Gasteiger partial charge in [-0.1, -0.05) is 47.0 Å². The summed E-state index contributed by atoms with van der Waals surface area (Å²) in [6.07, 6.45) is 8.48. The number of piperazine rings is 1. The van der Waals surface area contributed by atoms with Gasteiger partial charge >= 0.3 is 0 Å². The number of unbranched alkanes of at least 4 members (excludes halogenated alkanes) is 3. The summed E-state index contributed by atoms with van der Waals surface area (Å²) in [5.74, 6) is 1.91. The molecule has 2 atom stereocenters. The first kappa shape index (κ1) is 28.7. The Labute approximate surface area is 225 Å². The predicted molar refractivity (Wildman–Crippen MR) is 162 cm³/mol. The van der Waals surface area contributed by atoms with Crippen molar-refractivity contribution < 1.29 is 0 Å². The first-order valence-electron chi connectivity index (χ1n) is 14.1. The monoisotopic (exact) mass is 514 g/mol. The number of fused-ring (bicyclic) bond motifs is 1. The van der Waals surface area contributed by atoms with Gasteiger partial charge in [-0.05, 0) is 62.6 Å². The molecule has 1 aliphatic rings. The second kappa shape index (κ2) is 13.1. The minimum absolute atomic E-state index is 0.0640. The Bertz CT molecular complexity index is 968. The van der Waals surface area contributed by atoms with E-state index in [0.29, 0.717) is 11.5 Å². The van der Waals surface area contributed by atoms with Crippen molar-refractivity contribution in [3.8, 4) is 0 Å². The third-order valence-electron chi connectivity index (χ3n) is 7.68. The number of nitrogens with two attached hydrogens (primary N) is 2. The standard InChI is InChI=1S/C29H50N6S/c1-6-7-8-9-14-32-27-24-20-23(10-11-25(24)33-28(31)26(27)30)34-15-17-35(18-16-34)29(5,36)13-12-22(4)19-21(2)3/h10-11,20-22,36H,6-9,12-19,30H2,1-5H3,(H3,31,32,33). The first-order chi connectivity index (χ1) is 17.1. The fraction of sp³-hybridized carbons (Fsp3) is 0.690. The van der Waals surface area contributed by atoms with Crippen LogP contribution in [0, 0.1) is 11.8 Å². The molecule has 3 rings (SSSR count). The van der Waals surface area contributed by atoms with Gasteiger partial charge in [0, 0.05) is 43.8 Å². The SMILES string of the molecule is CCCCCCNc1c(N)c(N)nc2ccc(N3CCN(C(C)(S)CCC(C)CC(C)C)CC3)cc12. The van der Waals surface area contributed by atoms with Crippen molar-refractivity contribution in [3.05, 3.63) is 18.2 Å². The maximum atomic E-state index is 6.38. The number of pyridine rings is 1. The smallest absolute Gasteiger partial charge is 0.149 e. The number of rotatable bonds is 13. The van der Waals surface area contributed by atoms with Gasteiger partial charge in [0.15, 0.2) is 0 Å². The molecule has 1 aliphatic heterocycles. The summed E-state index contributed by atoms with van der Waals surface area (Å²) >= 11 is 5.11. The quantitative estimate of drug-likeness (QED) is 0.178. The average Bonchev–Trinajstić information content (AvgIpc) is 2.84. The molecular weight excluding hydrogens is 464 g/mol. The van der Waals surface area contributed by atoms with Crippen molar-refractivity contribution in [1.29, 1.82) is 0 Å². The van der Waals surface area contributed by atoms with Gasteiger partial charge in [0.05, 0.1) is 21.8 Å². The molecule has 1 fully saturated rings. The number of benzene rings is 1. The third-order valence-corrected chi connectivity index (χ3v) is 8.18. The van der Waals surface area contributed by atoms with Gasteiger partial charge in [-0.15, -0.1) is 0 Å². The molecular formula is C29H50N6S. The Kier molecular flexibility index (Phi) is 10.4. The van der Waals surface area contributed by atoms with E-state index in [4.69, 9.17) is 24.1 Å². The number of thiol groups is 1. The molecule has 7 heteroatoms. The summed E-state index contributed by atoms with van der Waals surface area (Å²) in [6.45, 7) is 16.4. The van der Waals surface area contributed by atoms with Crippen molar-refractivity contribution in [2.24, 2.45) is 11.8 Å². The number of hydrogen-bond acceptors (Lipinski definition) is 7. The summed E-state index contributed by atoms with van der Waals surface area (Å²) in [4.78, 5) is 9.51. The van der Waals surface area contributed by atoms with Crippen LogP contribution in [0.2, 0.25) is 0 Å². The van der Waals surface area contributed by atoms with Gasteiger partial charge < -0.3 is 21.7 Å². The van der Waals surface area contributed by atoms with Crippen LogP contribution >= 0.6 is 12.6 Å². The van der Waals surface area contributed by atoms with Crippen molar-refractivity contribution in [3.63, 3.8) is 0 Å². The number of nitrogen functional groups attached to an aromatic ring is 2. The summed E-state index contributed by atoms with van der Waals surface area (Å²) in [5.41, 5.74) is 16.1. The Morgan fingerprint density at radius 2 is 1.81 bits per heavy atom. The van der Waals surface area contributed by atoms with E-state index in [1.165, 1.54) is 37.8 Å². The Hall–Kier alpha value is -1.86. The first-order valence-corrected chi connectivity index (χ1v) is 14.5. The Morgan fingerprint density at radius 1 is 1.08 bits per heavy atom. The molecule has 2 unspecified atom stereocenters. The zero-order valence-corrected chi connectivity index (χ0v) is 24.2. The molecule has 0 bridgehead atoms. The van der Waals surface area contributed by atoms with Crippen molar-refractivity contribution in [1.82, 2.24) is 9.88 Å². The highest BCUT2D eigenvalue weighted by Crippen LogP contribution is 2.36. The van der Waals surface area contributed by atoms with E-state index in [1.807, 2.05) is 0 Å². The van der Waals surface area contributed by atoms with E-state index in [0.717, 1.165) is 74.0 Å². The van der Waals surface area contributed by atoms with Crippen molar-refractivity contribution >= 4 is 46.4 Å². The van der Waals surface area contributed by atoms with Gasteiger partial charge in [0.25, 0.3) is 0 Å². The lowest BCUT2D eigenvalue weighted by Gasteiger charge is -2.44. The van der Waals surface area contributed by atoms with Gasteiger partial charge in [-0.25, -0.2) is 4.98 Å². The van der Waals surface area contributed by atoms with E-state index in [1.54, 1.807) is 0 Å². The minimum atomic E-state index is -0.0640. The van der Waals surface area contributed by atoms with E-state index in [2.05, 4.69) is 72.9 Å². The molecule has 1 aromatic carbocycles. The summed E-state index contributed by atoms with van der Waals surface area (Å²) in [7, 11) is 0. The van der Waals surface area contributed by atoms with Crippen LogP contribution in [0.25, 0.3) is 10.9 Å². The van der Waals surface area contributed by atoms with Gasteiger partial charge in [-0.2, -0.15) is 12.6 Å². The van der Waals surface area contributed by atoms with Crippen molar-refractivity contribution in [2.75, 3.05) is 54.4 Å². The molecule has 2 aromatic rings. The van der Waals surface area contributed by atoms with Crippen LogP contribution < -0.4 is 21.7 Å². The van der Waals surface area contributed by atoms with Crippen LogP contribution in [-0.2, 0) is 0 Å². The number of hydrogen-bond donors (Lipinski definition) is 4. The zero-order valence-electron chi connectivity index (χ0n) is 23.3.